The third-order valence-corrected chi connectivity index (χ3v) is 2.94. The zero-order valence-electron chi connectivity index (χ0n) is 10.8. The van der Waals surface area contributed by atoms with Crippen molar-refractivity contribution in [3.63, 3.8) is 0 Å². The fourth-order valence-electron chi connectivity index (χ4n) is 1.99. The summed E-state index contributed by atoms with van der Waals surface area (Å²) in [5, 5.41) is 3.30. The summed E-state index contributed by atoms with van der Waals surface area (Å²) in [4.78, 5) is 2.23. The number of nitrogens with zero attached hydrogens (tertiary/aromatic N) is 1. The Hall–Kier alpha value is -1.06. The molecule has 0 unspecified atom stereocenters. The SMILES string of the molecule is CN[C@@H](C)[C@H](c1ccc(OC)cc1)N(C)C. The van der Waals surface area contributed by atoms with Crippen LogP contribution in [0.25, 0.3) is 0 Å². The minimum absolute atomic E-state index is 0.371. The second-order valence-electron chi connectivity index (χ2n) is 4.26. The number of hydrogen-bond donors (Lipinski definition) is 1. The van der Waals surface area contributed by atoms with E-state index >= 15 is 0 Å². The lowest BCUT2D eigenvalue weighted by molar-refractivity contribution is 0.247. The van der Waals surface area contributed by atoms with Crippen molar-refractivity contribution in [1.29, 1.82) is 0 Å². The van der Waals surface area contributed by atoms with Crippen LogP contribution in [0, 0.1) is 0 Å². The molecule has 16 heavy (non-hydrogen) atoms. The van der Waals surface area contributed by atoms with E-state index in [9.17, 15) is 0 Å². The molecule has 0 aliphatic heterocycles. The molecule has 3 nitrogen and oxygen atoms in total. The first kappa shape index (κ1) is 13.0. The molecule has 0 radical (unpaired) electrons. The lowest BCUT2D eigenvalue weighted by Gasteiger charge is -2.30. The normalized spacial score (nSPS) is 14.9. The Morgan fingerprint density at radius 2 is 1.75 bits per heavy atom. The molecule has 0 saturated heterocycles. The molecule has 1 rings (SSSR count). The van der Waals surface area contributed by atoms with Gasteiger partial charge in [0.25, 0.3) is 0 Å². The summed E-state index contributed by atoms with van der Waals surface area (Å²) in [6.45, 7) is 2.19. The summed E-state index contributed by atoms with van der Waals surface area (Å²) in [5.74, 6) is 0.901. The standard InChI is InChI=1S/C13H22N2O/c1-10(14-2)13(15(3)4)11-6-8-12(16-5)9-7-11/h6-10,13-14H,1-5H3/t10-,13+/m0/s1. The highest BCUT2D eigenvalue weighted by Gasteiger charge is 2.19. The topological polar surface area (TPSA) is 24.5 Å². The summed E-state index contributed by atoms with van der Waals surface area (Å²) >= 11 is 0. The van der Waals surface area contributed by atoms with Crippen molar-refractivity contribution in [2.45, 2.75) is 19.0 Å². The van der Waals surface area contributed by atoms with Gasteiger partial charge < -0.3 is 15.0 Å². The van der Waals surface area contributed by atoms with Crippen LogP contribution in [0.5, 0.6) is 5.75 Å². The maximum absolute atomic E-state index is 5.17. The molecule has 0 spiro atoms. The first-order chi connectivity index (χ1) is 7.60. The Kier molecular flexibility index (Phi) is 4.77. The molecule has 0 aliphatic rings. The van der Waals surface area contributed by atoms with Gasteiger partial charge in [0.15, 0.2) is 0 Å². The zero-order valence-corrected chi connectivity index (χ0v) is 10.8. The molecule has 0 amide bonds. The number of likely N-dealkylation sites (N-methyl/N-ethyl adjacent to an activating group) is 2. The molecule has 0 saturated carbocycles. The van der Waals surface area contributed by atoms with Crippen LogP contribution in [0.15, 0.2) is 24.3 Å². The van der Waals surface area contributed by atoms with E-state index in [1.54, 1.807) is 7.11 Å². The van der Waals surface area contributed by atoms with Gasteiger partial charge in [-0.25, -0.2) is 0 Å². The number of methoxy groups -OCH3 is 1. The first-order valence-corrected chi connectivity index (χ1v) is 5.57. The second-order valence-corrected chi connectivity index (χ2v) is 4.26. The number of nitrogens with one attached hydrogen (secondary N) is 1. The average Bonchev–Trinajstić information content (AvgIpc) is 2.29. The van der Waals surface area contributed by atoms with Crippen molar-refractivity contribution in [2.24, 2.45) is 0 Å². The Labute approximate surface area is 98.4 Å². The van der Waals surface area contributed by atoms with E-state index in [-0.39, 0.29) is 0 Å². The van der Waals surface area contributed by atoms with Crippen LogP contribution in [0.3, 0.4) is 0 Å². The Morgan fingerprint density at radius 3 is 2.12 bits per heavy atom. The molecule has 0 aromatic heterocycles. The summed E-state index contributed by atoms with van der Waals surface area (Å²) in [6, 6.07) is 9.04. The van der Waals surface area contributed by atoms with Crippen LogP contribution in [-0.2, 0) is 0 Å². The van der Waals surface area contributed by atoms with Gasteiger partial charge in [-0.05, 0) is 45.8 Å². The van der Waals surface area contributed by atoms with Crippen molar-refractivity contribution in [2.75, 3.05) is 28.3 Å². The highest BCUT2D eigenvalue weighted by atomic mass is 16.5. The fraction of sp³-hybridized carbons (Fsp3) is 0.538. The summed E-state index contributed by atoms with van der Waals surface area (Å²) in [7, 11) is 7.88. The van der Waals surface area contributed by atoms with E-state index in [0.717, 1.165) is 5.75 Å². The molecule has 2 atom stereocenters. The molecule has 1 aromatic rings. The van der Waals surface area contributed by atoms with Crippen molar-refractivity contribution >= 4 is 0 Å². The van der Waals surface area contributed by atoms with E-state index < -0.39 is 0 Å². The third-order valence-electron chi connectivity index (χ3n) is 2.94. The Balaban J connectivity index is 2.92. The first-order valence-electron chi connectivity index (χ1n) is 5.57. The van der Waals surface area contributed by atoms with Gasteiger partial charge >= 0.3 is 0 Å². The molecule has 3 heteroatoms. The molecular formula is C13H22N2O. The van der Waals surface area contributed by atoms with Crippen molar-refractivity contribution in [3.05, 3.63) is 29.8 Å². The van der Waals surface area contributed by atoms with Crippen LogP contribution in [0.4, 0.5) is 0 Å². The van der Waals surface area contributed by atoms with Crippen molar-refractivity contribution in [1.82, 2.24) is 10.2 Å². The molecule has 90 valence electrons. The summed E-state index contributed by atoms with van der Waals surface area (Å²) in [5.41, 5.74) is 1.30. The van der Waals surface area contributed by atoms with Crippen molar-refractivity contribution in [3.8, 4) is 5.75 Å². The lowest BCUT2D eigenvalue weighted by Crippen LogP contribution is -2.37. The molecule has 0 heterocycles. The monoisotopic (exact) mass is 222 g/mol. The van der Waals surface area contributed by atoms with Gasteiger partial charge in [-0.3, -0.25) is 0 Å². The number of benzene rings is 1. The molecule has 1 N–H and O–H groups in total. The van der Waals surface area contributed by atoms with Gasteiger partial charge in [0, 0.05) is 12.1 Å². The quantitative estimate of drug-likeness (QED) is 0.823. The van der Waals surface area contributed by atoms with Gasteiger partial charge in [-0.1, -0.05) is 12.1 Å². The highest BCUT2D eigenvalue weighted by Crippen LogP contribution is 2.23. The van der Waals surface area contributed by atoms with E-state index in [1.165, 1.54) is 5.56 Å². The van der Waals surface area contributed by atoms with Crippen LogP contribution in [0.1, 0.15) is 18.5 Å². The number of rotatable bonds is 5. The predicted molar refractivity (Wildman–Crippen MR) is 67.9 cm³/mol. The predicted octanol–water partition coefficient (Wildman–Crippen LogP) is 1.91. The molecule has 0 fully saturated rings. The lowest BCUT2D eigenvalue weighted by atomic mass is 9.99. The van der Waals surface area contributed by atoms with E-state index in [1.807, 2.05) is 19.2 Å². The van der Waals surface area contributed by atoms with Gasteiger partial charge in [0.2, 0.25) is 0 Å². The molecular weight excluding hydrogens is 200 g/mol. The molecule has 0 aliphatic carbocycles. The maximum atomic E-state index is 5.17. The third kappa shape index (κ3) is 2.97. The number of ether oxygens (including phenoxy) is 1. The minimum atomic E-state index is 0.371. The van der Waals surface area contributed by atoms with Gasteiger partial charge in [-0.2, -0.15) is 0 Å². The summed E-state index contributed by atoms with van der Waals surface area (Å²) in [6.07, 6.45) is 0. The van der Waals surface area contributed by atoms with E-state index in [4.69, 9.17) is 4.74 Å². The van der Waals surface area contributed by atoms with Gasteiger partial charge in [-0.15, -0.1) is 0 Å². The van der Waals surface area contributed by atoms with Crippen LogP contribution in [0.2, 0.25) is 0 Å². The fourth-order valence-corrected chi connectivity index (χ4v) is 1.99. The van der Waals surface area contributed by atoms with E-state index in [2.05, 4.69) is 43.4 Å². The van der Waals surface area contributed by atoms with Gasteiger partial charge in [0.1, 0.15) is 5.75 Å². The largest absolute Gasteiger partial charge is 0.497 e. The van der Waals surface area contributed by atoms with Crippen LogP contribution in [-0.4, -0.2) is 39.2 Å². The van der Waals surface area contributed by atoms with Crippen molar-refractivity contribution < 1.29 is 4.74 Å². The zero-order chi connectivity index (χ0) is 12.1. The molecule has 0 bridgehead atoms. The maximum Gasteiger partial charge on any atom is 0.118 e. The second kappa shape index (κ2) is 5.87. The number of hydrogen-bond acceptors (Lipinski definition) is 3. The van der Waals surface area contributed by atoms with Crippen LogP contribution < -0.4 is 10.1 Å². The Morgan fingerprint density at radius 1 is 1.19 bits per heavy atom. The van der Waals surface area contributed by atoms with E-state index in [0.29, 0.717) is 12.1 Å². The minimum Gasteiger partial charge on any atom is -0.497 e. The van der Waals surface area contributed by atoms with Crippen LogP contribution >= 0.6 is 0 Å². The average molecular weight is 222 g/mol. The smallest absolute Gasteiger partial charge is 0.118 e. The Bertz CT molecular complexity index is 308. The highest BCUT2D eigenvalue weighted by molar-refractivity contribution is 5.29. The van der Waals surface area contributed by atoms with Gasteiger partial charge in [0.05, 0.1) is 7.11 Å². The molecule has 1 aromatic carbocycles. The summed E-state index contributed by atoms with van der Waals surface area (Å²) < 4.78 is 5.17.